The van der Waals surface area contributed by atoms with Crippen LogP contribution in [-0.4, -0.2) is 30.8 Å². The summed E-state index contributed by atoms with van der Waals surface area (Å²) in [5.74, 6) is 0.338. The monoisotopic (exact) mass is 493 g/mol. The van der Waals surface area contributed by atoms with Crippen molar-refractivity contribution in [3.05, 3.63) is 75.0 Å². The number of aryl methyl sites for hydroxylation is 1. The van der Waals surface area contributed by atoms with Crippen LogP contribution in [0.15, 0.2) is 58.5 Å². The lowest BCUT2D eigenvalue weighted by molar-refractivity contribution is -0.113. The van der Waals surface area contributed by atoms with Crippen molar-refractivity contribution in [2.45, 2.75) is 37.3 Å². The summed E-state index contributed by atoms with van der Waals surface area (Å²) in [6.45, 7) is 4.23. The zero-order valence-electron chi connectivity index (χ0n) is 19.1. The van der Waals surface area contributed by atoms with Gasteiger partial charge >= 0.3 is 0 Å². The fourth-order valence-electron chi connectivity index (χ4n) is 4.56. The Morgan fingerprint density at radius 3 is 2.79 bits per heavy atom. The number of anilines is 1. The second-order valence-electron chi connectivity index (χ2n) is 8.78. The van der Waals surface area contributed by atoms with Gasteiger partial charge in [0.2, 0.25) is 11.7 Å². The highest BCUT2D eigenvalue weighted by Gasteiger charge is 2.38. The van der Waals surface area contributed by atoms with Crippen molar-refractivity contribution < 1.29 is 4.79 Å². The molecule has 174 valence electrons. The van der Waals surface area contributed by atoms with Gasteiger partial charge in [0, 0.05) is 28.7 Å². The third kappa shape index (κ3) is 3.80. The molecule has 2 aromatic heterocycles. The maximum absolute atomic E-state index is 13.9. The predicted molar refractivity (Wildman–Crippen MR) is 136 cm³/mol. The number of amides is 1. The van der Waals surface area contributed by atoms with Gasteiger partial charge in [0.15, 0.2) is 5.16 Å². The molecule has 1 aliphatic carbocycles. The Labute approximate surface area is 206 Å². The minimum atomic E-state index is -0.337. The molecule has 5 rings (SSSR count). The lowest BCUT2D eigenvalue weighted by Crippen LogP contribution is -2.37. The van der Waals surface area contributed by atoms with E-state index in [1.807, 2.05) is 18.2 Å². The van der Waals surface area contributed by atoms with E-state index in [-0.39, 0.29) is 22.6 Å². The lowest BCUT2D eigenvalue weighted by Gasteiger charge is -2.34. The van der Waals surface area contributed by atoms with E-state index < -0.39 is 0 Å². The van der Waals surface area contributed by atoms with Gasteiger partial charge in [0.25, 0.3) is 5.56 Å². The number of nitrogens with zero attached hydrogens (tertiary/aromatic N) is 4. The van der Waals surface area contributed by atoms with Crippen molar-refractivity contribution >= 4 is 40.7 Å². The molecule has 0 saturated carbocycles. The molecule has 0 bridgehead atoms. The molecule has 0 radical (unpaired) electrons. The summed E-state index contributed by atoms with van der Waals surface area (Å²) in [4.78, 5) is 31.4. The van der Waals surface area contributed by atoms with Gasteiger partial charge in [-0.05, 0) is 36.6 Å². The Morgan fingerprint density at radius 1 is 1.24 bits per heavy atom. The number of halogens is 1. The van der Waals surface area contributed by atoms with Crippen molar-refractivity contribution in [2.24, 2.45) is 7.05 Å². The third-order valence-corrected chi connectivity index (χ3v) is 7.62. The second-order valence-corrected chi connectivity index (χ2v) is 10.2. The molecule has 4 aromatic rings. The van der Waals surface area contributed by atoms with Gasteiger partial charge < -0.3 is 5.32 Å². The summed E-state index contributed by atoms with van der Waals surface area (Å²) < 4.78 is 3.14. The molecular formula is C25H24ClN5O2S. The summed E-state index contributed by atoms with van der Waals surface area (Å²) in [5, 5.41) is 8.33. The normalized spacial score (nSPS) is 16.8. The van der Waals surface area contributed by atoms with Crippen molar-refractivity contribution in [2.75, 3.05) is 11.1 Å². The SMILES string of the molecule is CC[C@]1(C)Cc2ccccc2-c2nc3n(C)nc(SCC(=O)Nc4cccc(Cl)c4)n3c(=O)c21. The van der Waals surface area contributed by atoms with E-state index >= 15 is 0 Å². The van der Waals surface area contributed by atoms with Crippen LogP contribution < -0.4 is 10.9 Å². The van der Waals surface area contributed by atoms with E-state index in [1.165, 1.54) is 21.7 Å². The molecule has 0 saturated heterocycles. The minimum Gasteiger partial charge on any atom is -0.325 e. The molecule has 0 aliphatic heterocycles. The molecule has 9 heteroatoms. The van der Waals surface area contributed by atoms with Gasteiger partial charge in [-0.2, -0.15) is 0 Å². The van der Waals surface area contributed by atoms with Gasteiger partial charge in [0.05, 0.1) is 17.0 Å². The van der Waals surface area contributed by atoms with Gasteiger partial charge in [-0.25, -0.2) is 14.1 Å². The molecule has 2 aromatic carbocycles. The Hall–Kier alpha value is -3.10. The van der Waals surface area contributed by atoms with Crippen LogP contribution in [0.3, 0.4) is 0 Å². The predicted octanol–water partition coefficient (Wildman–Crippen LogP) is 4.70. The molecule has 0 unspecified atom stereocenters. The highest BCUT2D eigenvalue weighted by Crippen LogP contribution is 2.42. The average Bonchev–Trinajstić information content (AvgIpc) is 3.13. The summed E-state index contributed by atoms with van der Waals surface area (Å²) in [6, 6.07) is 15.1. The van der Waals surface area contributed by atoms with E-state index in [4.69, 9.17) is 16.6 Å². The van der Waals surface area contributed by atoms with Gasteiger partial charge in [0.1, 0.15) is 0 Å². The number of aromatic nitrogens is 4. The standard InChI is InChI=1S/C25H24ClN5O2S/c1-4-25(2)13-15-8-5-6-11-18(15)21-20(25)22(33)31-23(28-21)30(3)29-24(31)34-14-19(32)27-17-10-7-9-16(26)12-17/h5-12H,4,13-14H2,1-3H3,(H,27,32)/t25-/m1/s1. The van der Waals surface area contributed by atoms with E-state index in [2.05, 4.69) is 30.3 Å². The molecule has 7 nitrogen and oxygen atoms in total. The molecule has 2 heterocycles. The maximum Gasteiger partial charge on any atom is 0.265 e. The molecule has 1 N–H and O–H groups in total. The largest absolute Gasteiger partial charge is 0.325 e. The van der Waals surface area contributed by atoms with Crippen molar-refractivity contribution in [1.29, 1.82) is 0 Å². The van der Waals surface area contributed by atoms with E-state index in [1.54, 1.807) is 36.0 Å². The Balaban J connectivity index is 1.54. The Bertz CT molecular complexity index is 1490. The summed E-state index contributed by atoms with van der Waals surface area (Å²) in [5.41, 5.74) is 3.80. The highest BCUT2D eigenvalue weighted by molar-refractivity contribution is 7.99. The second kappa shape index (κ2) is 8.60. The van der Waals surface area contributed by atoms with Crippen LogP contribution in [0.1, 0.15) is 31.4 Å². The van der Waals surface area contributed by atoms with Crippen LogP contribution in [0.2, 0.25) is 5.02 Å². The minimum absolute atomic E-state index is 0.0933. The average molecular weight is 494 g/mol. The van der Waals surface area contributed by atoms with Gasteiger partial charge in [-0.15, -0.1) is 5.10 Å². The first kappa shape index (κ1) is 22.7. The first-order valence-electron chi connectivity index (χ1n) is 11.1. The number of nitrogens with one attached hydrogen (secondary N) is 1. The number of benzene rings is 2. The highest BCUT2D eigenvalue weighted by atomic mass is 35.5. The Morgan fingerprint density at radius 2 is 2.03 bits per heavy atom. The fraction of sp³-hybridized carbons (Fsp3) is 0.280. The van der Waals surface area contributed by atoms with E-state index in [9.17, 15) is 9.59 Å². The van der Waals surface area contributed by atoms with Crippen molar-refractivity contribution in [3.63, 3.8) is 0 Å². The maximum atomic E-state index is 13.9. The molecule has 1 amide bonds. The number of fused-ring (bicyclic) bond motifs is 4. The first-order chi connectivity index (χ1) is 16.3. The van der Waals surface area contributed by atoms with Crippen LogP contribution in [-0.2, 0) is 23.7 Å². The number of carbonyl (C=O) groups is 1. The molecular weight excluding hydrogens is 470 g/mol. The molecule has 1 atom stereocenters. The summed E-state index contributed by atoms with van der Waals surface area (Å²) in [6.07, 6.45) is 1.59. The number of thioether (sulfide) groups is 1. The van der Waals surface area contributed by atoms with Crippen LogP contribution in [0.4, 0.5) is 5.69 Å². The van der Waals surface area contributed by atoms with E-state index in [0.29, 0.717) is 27.2 Å². The van der Waals surface area contributed by atoms with Gasteiger partial charge in [-0.3, -0.25) is 9.59 Å². The number of rotatable bonds is 5. The molecule has 0 spiro atoms. The lowest BCUT2D eigenvalue weighted by atomic mass is 9.69. The van der Waals surface area contributed by atoms with Crippen LogP contribution in [0.25, 0.3) is 17.0 Å². The summed E-state index contributed by atoms with van der Waals surface area (Å²) >= 11 is 7.20. The Kier molecular flexibility index (Phi) is 5.73. The topological polar surface area (TPSA) is 81.3 Å². The van der Waals surface area contributed by atoms with Crippen molar-refractivity contribution in [1.82, 2.24) is 19.2 Å². The molecule has 1 aliphatic rings. The van der Waals surface area contributed by atoms with Crippen LogP contribution >= 0.6 is 23.4 Å². The molecule has 34 heavy (non-hydrogen) atoms. The first-order valence-corrected chi connectivity index (χ1v) is 12.4. The van der Waals surface area contributed by atoms with E-state index in [0.717, 1.165) is 24.1 Å². The fourth-order valence-corrected chi connectivity index (χ4v) is 5.56. The smallest absolute Gasteiger partial charge is 0.265 e. The number of hydrogen-bond donors (Lipinski definition) is 1. The number of carbonyl (C=O) groups excluding carboxylic acids is 1. The van der Waals surface area contributed by atoms with Crippen LogP contribution in [0.5, 0.6) is 0 Å². The van der Waals surface area contributed by atoms with Crippen molar-refractivity contribution in [3.8, 4) is 11.3 Å². The van der Waals surface area contributed by atoms with Gasteiger partial charge in [-0.1, -0.05) is 67.5 Å². The molecule has 0 fully saturated rings. The zero-order valence-corrected chi connectivity index (χ0v) is 20.7. The third-order valence-electron chi connectivity index (χ3n) is 6.46. The summed E-state index contributed by atoms with van der Waals surface area (Å²) in [7, 11) is 1.76. The quantitative estimate of drug-likeness (QED) is 0.407. The number of hydrogen-bond acceptors (Lipinski definition) is 5. The van der Waals surface area contributed by atoms with Crippen LogP contribution in [0, 0.1) is 0 Å². The zero-order chi connectivity index (χ0) is 24.0.